The molecule has 4 aliphatic rings. The molecule has 10 aromatic rings. The molecule has 616 valence electrons. The van der Waals surface area contributed by atoms with Crippen LogP contribution in [0.25, 0.3) is 0 Å². The molecule has 0 spiro atoms. The van der Waals surface area contributed by atoms with Crippen molar-refractivity contribution in [2.24, 2.45) is 23.7 Å². The van der Waals surface area contributed by atoms with E-state index in [1.54, 1.807) is 60.7 Å². The third-order valence-corrected chi connectivity index (χ3v) is 15.7. The minimum Gasteiger partial charge on any atom is -1.00 e. The van der Waals surface area contributed by atoms with Crippen LogP contribution in [-0.2, 0) is 47.4 Å². The van der Waals surface area contributed by atoms with Crippen LogP contribution in [0.2, 0.25) is 15.5 Å². The van der Waals surface area contributed by atoms with E-state index in [0.717, 1.165) is 93.5 Å². The van der Waals surface area contributed by atoms with Crippen LogP contribution < -0.4 is 157 Å². The number of carbonyl (C=O) groups is 5. The van der Waals surface area contributed by atoms with Crippen molar-refractivity contribution in [1.29, 1.82) is 0 Å². The van der Waals surface area contributed by atoms with Crippen LogP contribution >= 0.6 is 58.8 Å². The van der Waals surface area contributed by atoms with E-state index in [4.69, 9.17) is 73.7 Å². The second-order valence-electron chi connectivity index (χ2n) is 24.3. The van der Waals surface area contributed by atoms with Crippen molar-refractivity contribution in [2.75, 3.05) is 49.1 Å². The summed E-state index contributed by atoms with van der Waals surface area (Å²) >= 11 is 21.5. The molecule has 0 bridgehead atoms. The second-order valence-corrected chi connectivity index (χ2v) is 25.8. The standard InChI is InChI=1S/C21H18F3N5O.C11H7ClF3N3.C10H10N2O3.C10H12N2O.C7H6F3N.C6H6N2O2.C4H2Cl2N2.C4H5ClO.CH2O3.ClH.2K.H/c22-21(23,24)14-3-1-4-15(9-14)27-18-11-19(26-12-25-18)28-16-5-2-6-17(10-16)29-20(30)13-7-8-13;12-9-5-10(17-6-16-9)18-8-3-1-2-7(4-8)11(13,14)15;13-10(7-4-5-7)11-8-2-1-3-9(6-8)12(14)15;11-8-2-1-3-9(6-8)12-10(13)7-4-5-7;8-7(9,10)5-2-1-3-6(11)4-5;7-5-2-1-3-6(4-5)8(9)10;5-3-1-4(6)8-2-7-3;5-4(6)3-1-2-3;2-1-4-3;;;;/h1-6,9-13H,7-8H2,(H,29,30)(H2,25,26,27,28);1-6H,(H,16,17,18);1-3,6-7H,4-5H2,(H,11,13);1-3,6-7H,4-5,11H2,(H,12,13);1-4H,11H2;1-4H,7H2;1-2H;3H,1-2H2;1,3H;1H;;;/q;;;;;;;;;;2*+1;-1/p-1. The number of nitrogens with zero attached hydrogens (tertiary/aromatic N) is 8. The van der Waals surface area contributed by atoms with Gasteiger partial charge in [-0.3, -0.25) is 44.2 Å². The number of nitrogens with two attached hydrogens (primary N) is 3. The summed E-state index contributed by atoms with van der Waals surface area (Å²) in [5, 5.41) is 46.8. The Morgan fingerprint density at radius 1 is 0.415 bits per heavy atom. The first-order valence-corrected chi connectivity index (χ1v) is 35.0. The first-order chi connectivity index (χ1) is 54.4. The summed E-state index contributed by atoms with van der Waals surface area (Å²) in [6.07, 6.45) is -1.50. The van der Waals surface area contributed by atoms with Crippen LogP contribution in [0.1, 0.15) is 69.5 Å². The van der Waals surface area contributed by atoms with E-state index in [2.05, 4.69) is 66.7 Å². The maximum Gasteiger partial charge on any atom is 1.00 e. The van der Waals surface area contributed by atoms with Gasteiger partial charge in [0.15, 0.2) is 0 Å². The van der Waals surface area contributed by atoms with E-state index >= 15 is 0 Å². The zero-order chi connectivity index (χ0) is 84.4. The summed E-state index contributed by atoms with van der Waals surface area (Å²) in [5.74, 6) is 1.87. The van der Waals surface area contributed by atoms with Gasteiger partial charge < -0.3 is 60.7 Å². The van der Waals surface area contributed by atoms with E-state index in [1.807, 2.05) is 18.2 Å². The van der Waals surface area contributed by atoms with Crippen LogP contribution in [0.3, 0.4) is 0 Å². The summed E-state index contributed by atoms with van der Waals surface area (Å²) in [7, 11) is 0. The normalized spacial score (nSPS) is 12.5. The van der Waals surface area contributed by atoms with Crippen molar-refractivity contribution in [1.82, 2.24) is 29.9 Å². The molecule has 28 nitrogen and oxygen atoms in total. The Morgan fingerprint density at radius 3 is 1.02 bits per heavy atom. The number of carbonyl (C=O) groups excluding carboxylic acids is 5. The zero-order valence-electron chi connectivity index (χ0n) is 62.8. The van der Waals surface area contributed by atoms with Crippen molar-refractivity contribution in [3.8, 4) is 0 Å². The Morgan fingerprint density at radius 2 is 0.703 bits per heavy atom. The van der Waals surface area contributed by atoms with Gasteiger partial charge in [-0.25, -0.2) is 29.9 Å². The van der Waals surface area contributed by atoms with Gasteiger partial charge in [0, 0.05) is 117 Å². The minimum absolute atomic E-state index is 0. The van der Waals surface area contributed by atoms with E-state index in [1.165, 1.54) is 91.8 Å². The van der Waals surface area contributed by atoms with Crippen molar-refractivity contribution in [3.63, 3.8) is 0 Å². The number of nitrogens with one attached hydrogen (secondary N) is 6. The van der Waals surface area contributed by atoms with Gasteiger partial charge in [-0.2, -0.15) is 39.5 Å². The Balaban J connectivity index is 0.000000476. The van der Waals surface area contributed by atoms with E-state index in [0.29, 0.717) is 56.2 Å². The molecule has 0 saturated heterocycles. The molecule has 0 unspecified atom stereocenters. The summed E-state index contributed by atoms with van der Waals surface area (Å²) in [4.78, 5) is 98.4. The Labute approximate surface area is 779 Å². The SMILES string of the molecule is Cl.Clc1cc(Cl)ncn1.FC(F)(F)c1cccc(Nc2cc(Cl)ncn2)c1.Nc1cccc(C(F)(F)F)c1.Nc1cccc(NC(=O)C2CC2)c1.Nc1cccc([N+](=O)[O-])c1.O=C(Cl)C1CC1.O=C(Nc1cccc(Nc2cc(Nc3cccc(C(F)(F)F)c3)ncn2)c1)C1CC1.O=C(Nc1cccc([N+](=O)[O-])c1)C1CC1.O=CO[O-].[H-].[K+].[K+]. The van der Waals surface area contributed by atoms with Crippen LogP contribution in [0.4, 0.5) is 120 Å². The smallest absolute Gasteiger partial charge is 1.00 e. The number of hydrogen-bond acceptors (Lipinski definition) is 23. The molecule has 4 saturated carbocycles. The van der Waals surface area contributed by atoms with Gasteiger partial charge in [0.1, 0.15) is 51.9 Å². The third-order valence-electron chi connectivity index (χ3n) is 14.8. The molecule has 4 aliphatic carbocycles. The molecule has 4 fully saturated rings. The van der Waals surface area contributed by atoms with Crippen molar-refractivity contribution in [3.05, 3.63) is 259 Å². The monoisotopic (exact) mass is 1800 g/mol. The fourth-order valence-corrected chi connectivity index (χ4v) is 9.33. The maximum atomic E-state index is 12.9. The minimum atomic E-state index is -4.42. The number of amides is 3. The van der Waals surface area contributed by atoms with Crippen molar-refractivity contribution < 1.29 is 188 Å². The van der Waals surface area contributed by atoms with Crippen molar-refractivity contribution in [2.45, 2.75) is 69.9 Å². The van der Waals surface area contributed by atoms with E-state index in [-0.39, 0.29) is 203 Å². The average Bonchev–Trinajstić information content (AvgIpc) is 1.83. The average molecular weight is 1800 g/mol. The third kappa shape index (κ3) is 41.6. The number of alkyl halides is 9. The van der Waals surface area contributed by atoms with Crippen molar-refractivity contribution >= 4 is 168 Å². The van der Waals surface area contributed by atoms with Crippen LogP contribution in [0.15, 0.2) is 207 Å². The number of halogens is 14. The molecule has 14 rings (SSSR count). The Hall–Kier alpha value is -9.02. The quantitative estimate of drug-likeness (QED) is 0.00499. The fourth-order valence-electron chi connectivity index (χ4n) is 8.62. The number of rotatable bonds is 16. The van der Waals surface area contributed by atoms with Crippen LogP contribution in [-0.4, -0.2) is 69.2 Å². The van der Waals surface area contributed by atoms with Gasteiger partial charge in [-0.05, 0) is 166 Å². The first-order valence-electron chi connectivity index (χ1n) is 33.5. The molecule has 7 aromatic carbocycles. The van der Waals surface area contributed by atoms with Gasteiger partial charge in [0.05, 0.1) is 26.5 Å². The molecular formula is C74H69Cl5F9K2N17O11. The first kappa shape index (κ1) is 103. The molecular weight excluding hydrogens is 1730 g/mol. The molecule has 3 aromatic heterocycles. The summed E-state index contributed by atoms with van der Waals surface area (Å²) in [6, 6.07) is 45.0. The maximum absolute atomic E-state index is 12.9. The predicted molar refractivity (Wildman–Crippen MR) is 421 cm³/mol. The molecule has 12 N–H and O–H groups in total. The number of benzene rings is 7. The van der Waals surface area contributed by atoms with Gasteiger partial charge >= 0.3 is 121 Å². The molecule has 0 radical (unpaired) electrons. The number of aromatic nitrogens is 6. The fraction of sp³-hybridized carbons (Fsp3) is 0.203. The number of nitrogen functional groups attached to an aromatic ring is 3. The molecule has 3 heterocycles. The number of non-ortho nitro benzene ring substituents is 2. The summed E-state index contributed by atoms with van der Waals surface area (Å²) in [6.45, 7) is -0.181. The molecule has 0 aliphatic heterocycles. The molecule has 3 amide bonds. The van der Waals surface area contributed by atoms with Crippen LogP contribution in [0, 0.1) is 43.9 Å². The van der Waals surface area contributed by atoms with Gasteiger partial charge in [-0.1, -0.05) is 77.3 Å². The van der Waals surface area contributed by atoms with Gasteiger partial charge in [0.2, 0.25) is 23.0 Å². The number of hydrogen-bond donors (Lipinski definition) is 9. The molecule has 118 heavy (non-hydrogen) atoms. The number of anilines is 12. The number of nitro benzene ring substituents is 2. The second kappa shape index (κ2) is 51.5. The molecule has 0 atom stereocenters. The van der Waals surface area contributed by atoms with E-state index < -0.39 is 45.1 Å². The largest absolute Gasteiger partial charge is 1.00 e. The van der Waals surface area contributed by atoms with E-state index in [9.17, 15) is 78.9 Å². The van der Waals surface area contributed by atoms with Gasteiger partial charge in [-0.15, -0.1) is 12.4 Å². The topological polar surface area (TPSA) is 431 Å². The Bertz CT molecular complexity index is 4930. The predicted octanol–water partition coefficient (Wildman–Crippen LogP) is 12.2. The summed E-state index contributed by atoms with van der Waals surface area (Å²) < 4.78 is 112. The van der Waals surface area contributed by atoms with Gasteiger partial charge in [0.25, 0.3) is 17.8 Å². The molecule has 44 heteroatoms. The Kier molecular flexibility index (Phi) is 45.0. The summed E-state index contributed by atoms with van der Waals surface area (Å²) in [5.41, 5.74) is 18.3. The van der Waals surface area contributed by atoms with Crippen LogP contribution in [0.5, 0.6) is 0 Å². The zero-order valence-corrected chi connectivity index (χ0v) is 71.9. The number of nitro groups is 2.